The van der Waals surface area contributed by atoms with Crippen LogP contribution in [0.15, 0.2) is 12.2 Å². The number of ether oxygens (including phenoxy) is 1. The lowest BCUT2D eigenvalue weighted by molar-refractivity contribution is -0.141. The fraction of sp³-hybridized carbons (Fsp3) is 0.765. The van der Waals surface area contributed by atoms with Gasteiger partial charge in [0.1, 0.15) is 0 Å². The van der Waals surface area contributed by atoms with Crippen molar-refractivity contribution in [2.24, 2.45) is 0 Å². The molecule has 0 unspecified atom stereocenters. The van der Waals surface area contributed by atoms with Gasteiger partial charge in [0.05, 0.1) is 6.61 Å². The van der Waals surface area contributed by atoms with Gasteiger partial charge >= 0.3 is 11.9 Å². The molecular formula is C17H30O4. The SMILES string of the molecule is CC(=O)OCCCCCCCCCCCC/C=C/C(=O)O. The second-order valence-electron chi connectivity index (χ2n) is 5.40. The van der Waals surface area contributed by atoms with Crippen molar-refractivity contribution >= 4 is 11.9 Å². The normalized spacial score (nSPS) is 10.9. The van der Waals surface area contributed by atoms with Gasteiger partial charge in [0.25, 0.3) is 0 Å². The van der Waals surface area contributed by atoms with Gasteiger partial charge in [-0.15, -0.1) is 0 Å². The summed E-state index contributed by atoms with van der Waals surface area (Å²) >= 11 is 0. The Balaban J connectivity index is 3.06. The van der Waals surface area contributed by atoms with E-state index in [0.29, 0.717) is 6.61 Å². The first kappa shape index (κ1) is 19.7. The second kappa shape index (κ2) is 15.1. The summed E-state index contributed by atoms with van der Waals surface area (Å²) in [7, 11) is 0. The van der Waals surface area contributed by atoms with E-state index >= 15 is 0 Å². The van der Waals surface area contributed by atoms with Crippen LogP contribution >= 0.6 is 0 Å². The highest BCUT2D eigenvalue weighted by Crippen LogP contribution is 2.11. The number of allylic oxidation sites excluding steroid dienone is 1. The zero-order valence-corrected chi connectivity index (χ0v) is 13.3. The highest BCUT2D eigenvalue weighted by Gasteiger charge is 1.95. The lowest BCUT2D eigenvalue weighted by Gasteiger charge is -2.03. The number of aliphatic carboxylic acids is 1. The van der Waals surface area contributed by atoms with Crippen LogP contribution in [0.4, 0.5) is 0 Å². The zero-order valence-electron chi connectivity index (χ0n) is 13.3. The van der Waals surface area contributed by atoms with Crippen LogP contribution in [-0.4, -0.2) is 23.7 Å². The molecule has 0 aliphatic rings. The molecule has 0 saturated heterocycles. The number of rotatable bonds is 14. The summed E-state index contributed by atoms with van der Waals surface area (Å²) in [5.74, 6) is -1.05. The number of hydrogen-bond acceptors (Lipinski definition) is 3. The maximum absolute atomic E-state index is 10.5. The van der Waals surface area contributed by atoms with E-state index in [1.165, 1.54) is 57.9 Å². The van der Waals surface area contributed by atoms with Crippen LogP contribution in [0.25, 0.3) is 0 Å². The first-order chi connectivity index (χ1) is 10.1. The Morgan fingerprint density at radius 2 is 1.33 bits per heavy atom. The Labute approximate surface area is 128 Å². The van der Waals surface area contributed by atoms with Crippen molar-refractivity contribution in [1.29, 1.82) is 0 Å². The molecule has 0 bridgehead atoms. The number of carboxylic acids is 1. The molecule has 0 aromatic carbocycles. The van der Waals surface area contributed by atoms with E-state index in [-0.39, 0.29) is 5.97 Å². The summed E-state index contributed by atoms with van der Waals surface area (Å²) in [6, 6.07) is 0. The first-order valence-electron chi connectivity index (χ1n) is 8.15. The maximum atomic E-state index is 10.5. The number of unbranched alkanes of at least 4 members (excludes halogenated alkanes) is 10. The van der Waals surface area contributed by atoms with Gasteiger partial charge in [-0.25, -0.2) is 4.79 Å². The van der Waals surface area contributed by atoms with Gasteiger partial charge in [0.15, 0.2) is 0 Å². The van der Waals surface area contributed by atoms with Gasteiger partial charge in [0, 0.05) is 13.0 Å². The molecule has 0 fully saturated rings. The van der Waals surface area contributed by atoms with Crippen LogP contribution in [0.2, 0.25) is 0 Å². The minimum atomic E-state index is -0.858. The van der Waals surface area contributed by atoms with Gasteiger partial charge < -0.3 is 9.84 Å². The Bertz CT molecular complexity index is 297. The Morgan fingerprint density at radius 1 is 0.857 bits per heavy atom. The number of hydrogen-bond donors (Lipinski definition) is 1. The molecule has 4 nitrogen and oxygen atoms in total. The van der Waals surface area contributed by atoms with E-state index < -0.39 is 5.97 Å². The molecule has 0 aromatic heterocycles. The zero-order chi connectivity index (χ0) is 15.8. The molecule has 122 valence electrons. The molecule has 0 radical (unpaired) electrons. The van der Waals surface area contributed by atoms with Crippen LogP contribution in [0, 0.1) is 0 Å². The van der Waals surface area contributed by atoms with E-state index in [4.69, 9.17) is 9.84 Å². The topological polar surface area (TPSA) is 63.6 Å². The minimum absolute atomic E-state index is 0.187. The summed E-state index contributed by atoms with van der Waals surface area (Å²) in [5.41, 5.74) is 0. The fourth-order valence-electron chi connectivity index (χ4n) is 2.18. The van der Waals surface area contributed by atoms with Crippen LogP contribution in [0.1, 0.15) is 77.6 Å². The summed E-state index contributed by atoms with van der Waals surface area (Å²) in [6.07, 6.45) is 15.8. The van der Waals surface area contributed by atoms with E-state index in [9.17, 15) is 9.59 Å². The monoisotopic (exact) mass is 298 g/mol. The van der Waals surface area contributed by atoms with Gasteiger partial charge in [-0.1, -0.05) is 57.4 Å². The highest BCUT2D eigenvalue weighted by molar-refractivity contribution is 5.79. The molecule has 0 atom stereocenters. The molecule has 0 aromatic rings. The molecule has 0 spiro atoms. The van der Waals surface area contributed by atoms with Gasteiger partial charge in [-0.2, -0.15) is 0 Å². The van der Waals surface area contributed by atoms with Crippen molar-refractivity contribution in [2.45, 2.75) is 77.6 Å². The molecule has 0 aliphatic carbocycles. The number of carbonyl (C=O) groups excluding carboxylic acids is 1. The van der Waals surface area contributed by atoms with Gasteiger partial charge in [0.2, 0.25) is 0 Å². The lowest BCUT2D eigenvalue weighted by atomic mass is 10.1. The van der Waals surface area contributed by atoms with Crippen LogP contribution < -0.4 is 0 Å². The van der Waals surface area contributed by atoms with Crippen molar-refractivity contribution in [3.8, 4) is 0 Å². The molecule has 0 heterocycles. The number of esters is 1. The van der Waals surface area contributed by atoms with Crippen molar-refractivity contribution in [3.63, 3.8) is 0 Å². The third-order valence-corrected chi connectivity index (χ3v) is 3.33. The average Bonchev–Trinajstić information content (AvgIpc) is 2.42. The molecule has 21 heavy (non-hydrogen) atoms. The third kappa shape index (κ3) is 18.7. The highest BCUT2D eigenvalue weighted by atomic mass is 16.5. The van der Waals surface area contributed by atoms with E-state index in [0.717, 1.165) is 25.7 Å². The number of carboxylic acid groups (broad SMARTS) is 1. The quantitative estimate of drug-likeness (QED) is 0.292. The predicted octanol–water partition coefficient (Wildman–Crippen LogP) is 4.48. The Kier molecular flexibility index (Phi) is 14.1. The Hall–Kier alpha value is -1.32. The van der Waals surface area contributed by atoms with Crippen LogP contribution in [-0.2, 0) is 14.3 Å². The predicted molar refractivity (Wildman–Crippen MR) is 84.2 cm³/mol. The lowest BCUT2D eigenvalue weighted by Crippen LogP contribution is -2.00. The summed E-state index contributed by atoms with van der Waals surface area (Å²) in [6.45, 7) is 2.01. The molecule has 0 aliphatic heterocycles. The summed E-state index contributed by atoms with van der Waals surface area (Å²) in [5, 5.41) is 8.42. The molecule has 0 amide bonds. The molecular weight excluding hydrogens is 268 g/mol. The van der Waals surface area contributed by atoms with Crippen molar-refractivity contribution < 1.29 is 19.4 Å². The standard InChI is InChI=1S/C17H30O4/c1-16(18)21-15-13-11-9-7-5-3-2-4-6-8-10-12-14-17(19)20/h12,14H,2-11,13,15H2,1H3,(H,19,20)/b14-12+. The van der Waals surface area contributed by atoms with Crippen LogP contribution in [0.5, 0.6) is 0 Å². The Morgan fingerprint density at radius 3 is 1.81 bits per heavy atom. The van der Waals surface area contributed by atoms with E-state index in [2.05, 4.69) is 0 Å². The largest absolute Gasteiger partial charge is 0.478 e. The first-order valence-corrected chi connectivity index (χ1v) is 8.15. The van der Waals surface area contributed by atoms with Crippen molar-refractivity contribution in [1.82, 2.24) is 0 Å². The van der Waals surface area contributed by atoms with Crippen molar-refractivity contribution in [2.75, 3.05) is 6.61 Å². The summed E-state index contributed by atoms with van der Waals surface area (Å²) < 4.78 is 4.88. The average molecular weight is 298 g/mol. The molecule has 0 rings (SSSR count). The smallest absolute Gasteiger partial charge is 0.327 e. The fourth-order valence-corrected chi connectivity index (χ4v) is 2.18. The van der Waals surface area contributed by atoms with Crippen molar-refractivity contribution in [3.05, 3.63) is 12.2 Å². The van der Waals surface area contributed by atoms with Gasteiger partial charge in [-0.05, 0) is 19.3 Å². The van der Waals surface area contributed by atoms with Crippen LogP contribution in [0.3, 0.4) is 0 Å². The van der Waals surface area contributed by atoms with Gasteiger partial charge in [-0.3, -0.25) is 4.79 Å². The number of carbonyl (C=O) groups is 2. The second-order valence-corrected chi connectivity index (χ2v) is 5.40. The van der Waals surface area contributed by atoms with E-state index in [1.54, 1.807) is 6.08 Å². The maximum Gasteiger partial charge on any atom is 0.327 e. The summed E-state index contributed by atoms with van der Waals surface area (Å²) in [4.78, 5) is 20.8. The molecule has 4 heteroatoms. The molecule has 0 saturated carbocycles. The van der Waals surface area contributed by atoms with E-state index in [1.807, 2.05) is 0 Å². The minimum Gasteiger partial charge on any atom is -0.478 e. The third-order valence-electron chi connectivity index (χ3n) is 3.33. The molecule has 1 N–H and O–H groups in total.